The van der Waals surface area contributed by atoms with Gasteiger partial charge in [0, 0.05) is 19.3 Å². The van der Waals surface area contributed by atoms with Crippen LogP contribution in [0.5, 0.6) is 0 Å². The number of aliphatic hydroxyl groups excluding tert-OH is 1. The predicted octanol–water partition coefficient (Wildman–Crippen LogP) is 2.16. The Balaban J connectivity index is 0.000000472. The van der Waals surface area contributed by atoms with E-state index in [1.54, 1.807) is 13.8 Å². The minimum absolute atomic E-state index is 0.130. The van der Waals surface area contributed by atoms with E-state index in [1.807, 2.05) is 0 Å². The lowest BCUT2D eigenvalue weighted by Gasteiger charge is -2.13. The van der Waals surface area contributed by atoms with Gasteiger partial charge < -0.3 is 19.4 Å². The van der Waals surface area contributed by atoms with Gasteiger partial charge in [-0.25, -0.2) is 4.79 Å². The Morgan fingerprint density at radius 2 is 2.05 bits per heavy atom. The normalized spacial score (nSPS) is 18.0. The molecule has 1 N–H and O–H groups in total. The Kier molecular flexibility index (Phi) is 11.4. The van der Waals surface area contributed by atoms with E-state index in [4.69, 9.17) is 4.74 Å². The van der Waals surface area contributed by atoms with Crippen molar-refractivity contribution in [3.63, 3.8) is 0 Å². The van der Waals surface area contributed by atoms with Crippen molar-refractivity contribution < 1.29 is 29.0 Å². The second-order valence-electron chi connectivity index (χ2n) is 5.31. The minimum Gasteiger partial charge on any atom is -0.464 e. The molecule has 0 amide bonds. The highest BCUT2D eigenvalue weighted by Gasteiger charge is 2.28. The fraction of sp³-hybridized carbons (Fsp3) is 0.812. The summed E-state index contributed by atoms with van der Waals surface area (Å²) in [7, 11) is 0. The van der Waals surface area contributed by atoms with Crippen molar-refractivity contribution in [1.29, 1.82) is 0 Å². The molecule has 0 aliphatic carbocycles. The van der Waals surface area contributed by atoms with Gasteiger partial charge in [0.05, 0.1) is 6.61 Å². The molecule has 1 saturated heterocycles. The van der Waals surface area contributed by atoms with Crippen LogP contribution in [0.4, 0.5) is 0 Å². The molecule has 0 saturated carbocycles. The van der Waals surface area contributed by atoms with Gasteiger partial charge in [0.2, 0.25) is 0 Å². The van der Waals surface area contributed by atoms with Crippen LogP contribution >= 0.6 is 0 Å². The predicted molar refractivity (Wildman–Crippen MR) is 81.2 cm³/mol. The molecule has 128 valence electrons. The maximum Gasteiger partial charge on any atom is 0.335 e. The smallest absolute Gasteiger partial charge is 0.335 e. The van der Waals surface area contributed by atoms with E-state index in [0.29, 0.717) is 18.6 Å². The highest BCUT2D eigenvalue weighted by Crippen LogP contribution is 2.18. The summed E-state index contributed by atoms with van der Waals surface area (Å²) in [6.07, 6.45) is 3.76. The second kappa shape index (κ2) is 12.1. The molecule has 6 heteroatoms. The number of unbranched alkanes of at least 4 members (excludes halogenated alkanes) is 2. The molecule has 22 heavy (non-hydrogen) atoms. The van der Waals surface area contributed by atoms with Crippen LogP contribution in [0.2, 0.25) is 0 Å². The zero-order valence-corrected chi connectivity index (χ0v) is 13.8. The Labute approximate surface area is 132 Å². The van der Waals surface area contributed by atoms with Crippen LogP contribution in [0.1, 0.15) is 65.7 Å². The fourth-order valence-corrected chi connectivity index (χ4v) is 1.96. The number of ketones is 1. The van der Waals surface area contributed by atoms with Crippen molar-refractivity contribution in [3.8, 4) is 0 Å². The van der Waals surface area contributed by atoms with Gasteiger partial charge in [0.15, 0.2) is 6.10 Å². The van der Waals surface area contributed by atoms with Crippen molar-refractivity contribution in [1.82, 2.24) is 0 Å². The standard InChI is InChI=1S/C9H14O5.C7H14O/c1-2-13-9(12)7(10)5-6-3-4-8(11)14-6;1-3-4-5-6-7(2)8/h6-7,10H,2-5H2,1H3;3-6H2,1-2H3. The average molecular weight is 316 g/mol. The topological polar surface area (TPSA) is 89.9 Å². The van der Waals surface area contributed by atoms with E-state index < -0.39 is 12.1 Å². The van der Waals surface area contributed by atoms with Gasteiger partial charge in [0.1, 0.15) is 11.9 Å². The van der Waals surface area contributed by atoms with E-state index in [9.17, 15) is 19.5 Å². The number of Topliss-reactive ketones (excluding diaryl/α,β-unsaturated/α-hetero) is 1. The van der Waals surface area contributed by atoms with E-state index in [1.165, 1.54) is 12.8 Å². The quantitative estimate of drug-likeness (QED) is 0.545. The van der Waals surface area contributed by atoms with Gasteiger partial charge in [0.25, 0.3) is 0 Å². The summed E-state index contributed by atoms with van der Waals surface area (Å²) in [6, 6.07) is 0. The fourth-order valence-electron chi connectivity index (χ4n) is 1.96. The summed E-state index contributed by atoms with van der Waals surface area (Å²) in [5.74, 6) is -0.611. The second-order valence-corrected chi connectivity index (χ2v) is 5.31. The number of hydrogen-bond acceptors (Lipinski definition) is 6. The highest BCUT2D eigenvalue weighted by molar-refractivity contribution is 5.75. The third-order valence-electron chi connectivity index (χ3n) is 3.15. The van der Waals surface area contributed by atoms with Gasteiger partial charge in [-0.2, -0.15) is 0 Å². The van der Waals surface area contributed by atoms with Crippen molar-refractivity contribution in [3.05, 3.63) is 0 Å². The van der Waals surface area contributed by atoms with Crippen LogP contribution in [-0.2, 0) is 23.9 Å². The number of carbonyl (C=O) groups excluding carboxylic acids is 3. The van der Waals surface area contributed by atoms with Crippen LogP contribution in [0.25, 0.3) is 0 Å². The summed E-state index contributed by atoms with van der Waals surface area (Å²) in [5, 5.41) is 9.33. The highest BCUT2D eigenvalue weighted by atomic mass is 16.6. The SMILES string of the molecule is CCCCCC(C)=O.CCOC(=O)C(O)CC1CCC(=O)O1. The molecule has 2 unspecified atom stereocenters. The maximum absolute atomic E-state index is 11.0. The molecule has 0 spiro atoms. The number of cyclic esters (lactones) is 1. The Hall–Kier alpha value is -1.43. The van der Waals surface area contributed by atoms with Gasteiger partial charge in [-0.15, -0.1) is 0 Å². The summed E-state index contributed by atoms with van der Waals surface area (Å²) in [4.78, 5) is 32.0. The maximum atomic E-state index is 11.0. The molecule has 1 aliphatic rings. The molecular weight excluding hydrogens is 288 g/mol. The van der Waals surface area contributed by atoms with Crippen LogP contribution in [0.15, 0.2) is 0 Å². The number of hydrogen-bond donors (Lipinski definition) is 1. The zero-order valence-electron chi connectivity index (χ0n) is 13.8. The lowest BCUT2D eigenvalue weighted by atomic mass is 10.1. The third kappa shape index (κ3) is 10.3. The van der Waals surface area contributed by atoms with E-state index in [0.717, 1.165) is 12.8 Å². The van der Waals surface area contributed by atoms with Crippen molar-refractivity contribution in [2.75, 3.05) is 6.61 Å². The lowest BCUT2D eigenvalue weighted by molar-refractivity contribution is -0.156. The largest absolute Gasteiger partial charge is 0.464 e. The van der Waals surface area contributed by atoms with Crippen LogP contribution < -0.4 is 0 Å². The molecule has 0 aromatic rings. The van der Waals surface area contributed by atoms with Crippen LogP contribution in [0.3, 0.4) is 0 Å². The van der Waals surface area contributed by atoms with Gasteiger partial charge in [-0.1, -0.05) is 19.8 Å². The Morgan fingerprint density at radius 3 is 2.50 bits per heavy atom. The van der Waals surface area contributed by atoms with E-state index >= 15 is 0 Å². The first-order chi connectivity index (χ1) is 10.4. The molecule has 0 radical (unpaired) electrons. The number of ether oxygens (including phenoxy) is 2. The number of aliphatic hydroxyl groups is 1. The first-order valence-electron chi connectivity index (χ1n) is 7.94. The molecule has 2 atom stereocenters. The summed E-state index contributed by atoms with van der Waals surface area (Å²) in [5.41, 5.74) is 0. The molecular formula is C16H28O6. The molecule has 1 fully saturated rings. The minimum atomic E-state index is -1.19. The first kappa shape index (κ1) is 20.6. The van der Waals surface area contributed by atoms with Crippen LogP contribution in [-0.4, -0.2) is 41.6 Å². The number of esters is 2. The Bertz CT molecular complexity index is 353. The number of rotatable bonds is 8. The van der Waals surface area contributed by atoms with Crippen molar-refractivity contribution in [2.24, 2.45) is 0 Å². The van der Waals surface area contributed by atoms with Gasteiger partial charge in [-0.05, 0) is 26.7 Å². The average Bonchev–Trinajstić information content (AvgIpc) is 2.85. The molecule has 0 aromatic carbocycles. The molecule has 1 rings (SSSR count). The van der Waals surface area contributed by atoms with Crippen LogP contribution in [0, 0.1) is 0 Å². The van der Waals surface area contributed by atoms with Crippen molar-refractivity contribution >= 4 is 17.7 Å². The monoisotopic (exact) mass is 316 g/mol. The van der Waals surface area contributed by atoms with E-state index in [-0.39, 0.29) is 25.1 Å². The zero-order chi connectivity index (χ0) is 17.0. The summed E-state index contributed by atoms with van der Waals surface area (Å²) in [6.45, 7) is 5.69. The first-order valence-corrected chi connectivity index (χ1v) is 7.94. The Morgan fingerprint density at radius 1 is 1.36 bits per heavy atom. The van der Waals surface area contributed by atoms with Gasteiger partial charge in [-0.3, -0.25) is 4.79 Å². The van der Waals surface area contributed by atoms with E-state index in [2.05, 4.69) is 11.7 Å². The molecule has 1 aliphatic heterocycles. The lowest BCUT2D eigenvalue weighted by Crippen LogP contribution is -2.27. The van der Waals surface area contributed by atoms with Crippen molar-refractivity contribution in [2.45, 2.75) is 77.9 Å². The summed E-state index contributed by atoms with van der Waals surface area (Å²) >= 11 is 0. The molecule has 6 nitrogen and oxygen atoms in total. The number of carbonyl (C=O) groups is 3. The molecule has 0 bridgehead atoms. The third-order valence-corrected chi connectivity index (χ3v) is 3.15. The summed E-state index contributed by atoms with van der Waals surface area (Å²) < 4.78 is 9.46. The molecule has 1 heterocycles. The molecule has 0 aromatic heterocycles. The van der Waals surface area contributed by atoms with Gasteiger partial charge >= 0.3 is 11.9 Å².